The maximum atomic E-state index is 4.87. The van der Waals surface area contributed by atoms with Crippen LogP contribution in [0.3, 0.4) is 0 Å². The highest BCUT2D eigenvalue weighted by Crippen LogP contribution is 2.38. The van der Waals surface area contributed by atoms with Crippen molar-refractivity contribution in [1.29, 1.82) is 0 Å². The summed E-state index contributed by atoms with van der Waals surface area (Å²) in [7, 11) is 2.20. The standard InChI is InChI=1S/C18H29N3/c1-4-5-17-9-14(11-19-16-6-7-16)10-18(20-17)21(3)12-15-8-13(15)2/h9-10,13,15-16,19H,4-8,11-12H2,1-3H3. The number of rotatable bonds is 8. The van der Waals surface area contributed by atoms with Crippen molar-refractivity contribution < 1.29 is 0 Å². The van der Waals surface area contributed by atoms with Crippen LogP contribution in [0.4, 0.5) is 5.82 Å². The first-order chi connectivity index (χ1) is 10.2. The lowest BCUT2D eigenvalue weighted by molar-refractivity contribution is 0.682. The van der Waals surface area contributed by atoms with Crippen LogP contribution in [0.2, 0.25) is 0 Å². The summed E-state index contributed by atoms with van der Waals surface area (Å²) in [5.74, 6) is 2.94. The molecule has 1 N–H and O–H groups in total. The molecule has 0 aliphatic heterocycles. The predicted octanol–water partition coefficient (Wildman–Crippen LogP) is 3.38. The summed E-state index contributed by atoms with van der Waals surface area (Å²) in [4.78, 5) is 7.22. The minimum absolute atomic E-state index is 0.765. The number of anilines is 1. The Morgan fingerprint density at radius 1 is 1.33 bits per heavy atom. The topological polar surface area (TPSA) is 28.2 Å². The van der Waals surface area contributed by atoms with Crippen molar-refractivity contribution in [3.8, 4) is 0 Å². The van der Waals surface area contributed by atoms with Crippen LogP contribution in [-0.2, 0) is 13.0 Å². The number of nitrogens with one attached hydrogen (secondary N) is 1. The van der Waals surface area contributed by atoms with E-state index in [0.717, 1.165) is 49.6 Å². The lowest BCUT2D eigenvalue weighted by Crippen LogP contribution is -2.23. The minimum atomic E-state index is 0.765. The van der Waals surface area contributed by atoms with Gasteiger partial charge in [0.2, 0.25) is 0 Å². The summed E-state index contributed by atoms with van der Waals surface area (Å²) in [6, 6.07) is 5.33. The number of aryl methyl sites for hydroxylation is 1. The van der Waals surface area contributed by atoms with Gasteiger partial charge in [0.15, 0.2) is 0 Å². The smallest absolute Gasteiger partial charge is 0.128 e. The van der Waals surface area contributed by atoms with Gasteiger partial charge in [0.05, 0.1) is 0 Å². The molecule has 0 aromatic carbocycles. The van der Waals surface area contributed by atoms with Gasteiger partial charge in [-0.1, -0.05) is 20.3 Å². The second-order valence-electron chi connectivity index (χ2n) is 7.08. The normalized spacial score (nSPS) is 24.1. The number of hydrogen-bond donors (Lipinski definition) is 1. The van der Waals surface area contributed by atoms with Crippen molar-refractivity contribution in [2.45, 2.75) is 58.5 Å². The summed E-state index contributed by atoms with van der Waals surface area (Å²) in [6.45, 7) is 6.72. The first-order valence-electron chi connectivity index (χ1n) is 8.60. The Balaban J connectivity index is 1.69. The fourth-order valence-corrected chi connectivity index (χ4v) is 2.96. The van der Waals surface area contributed by atoms with Gasteiger partial charge in [-0.05, 0) is 55.2 Å². The Morgan fingerprint density at radius 3 is 2.71 bits per heavy atom. The molecule has 0 bridgehead atoms. The van der Waals surface area contributed by atoms with Gasteiger partial charge in [-0.2, -0.15) is 0 Å². The molecule has 21 heavy (non-hydrogen) atoms. The molecule has 0 radical (unpaired) electrons. The van der Waals surface area contributed by atoms with Crippen molar-refractivity contribution in [3.63, 3.8) is 0 Å². The zero-order valence-electron chi connectivity index (χ0n) is 13.7. The highest BCUT2D eigenvalue weighted by Gasteiger charge is 2.33. The number of aromatic nitrogens is 1. The second-order valence-corrected chi connectivity index (χ2v) is 7.08. The van der Waals surface area contributed by atoms with E-state index in [1.165, 1.54) is 30.5 Å². The largest absolute Gasteiger partial charge is 0.359 e. The SMILES string of the molecule is CCCc1cc(CNC2CC2)cc(N(C)CC2CC2C)n1. The molecule has 2 aliphatic carbocycles. The molecule has 2 fully saturated rings. The molecular weight excluding hydrogens is 258 g/mol. The fourth-order valence-electron chi connectivity index (χ4n) is 2.96. The van der Waals surface area contributed by atoms with Gasteiger partial charge in [-0.15, -0.1) is 0 Å². The van der Waals surface area contributed by atoms with Gasteiger partial charge in [-0.3, -0.25) is 0 Å². The van der Waals surface area contributed by atoms with Crippen LogP contribution in [0.1, 0.15) is 50.8 Å². The van der Waals surface area contributed by atoms with E-state index in [4.69, 9.17) is 4.98 Å². The minimum Gasteiger partial charge on any atom is -0.359 e. The highest BCUT2D eigenvalue weighted by molar-refractivity contribution is 5.42. The molecule has 3 nitrogen and oxygen atoms in total. The molecule has 1 heterocycles. The quantitative estimate of drug-likeness (QED) is 0.794. The molecule has 1 aromatic heterocycles. The van der Waals surface area contributed by atoms with Gasteiger partial charge < -0.3 is 10.2 Å². The summed E-state index contributed by atoms with van der Waals surface area (Å²) in [5.41, 5.74) is 2.64. The van der Waals surface area contributed by atoms with Crippen LogP contribution in [0.15, 0.2) is 12.1 Å². The first-order valence-corrected chi connectivity index (χ1v) is 8.60. The van der Waals surface area contributed by atoms with Gasteiger partial charge >= 0.3 is 0 Å². The lowest BCUT2D eigenvalue weighted by Gasteiger charge is -2.20. The number of hydrogen-bond acceptors (Lipinski definition) is 3. The molecule has 0 saturated heterocycles. The van der Waals surface area contributed by atoms with Crippen LogP contribution in [0.25, 0.3) is 0 Å². The van der Waals surface area contributed by atoms with Crippen molar-refractivity contribution in [1.82, 2.24) is 10.3 Å². The first kappa shape index (κ1) is 14.8. The molecule has 1 aromatic rings. The summed E-state index contributed by atoms with van der Waals surface area (Å²) in [5, 5.41) is 3.62. The van der Waals surface area contributed by atoms with E-state index in [0.29, 0.717) is 0 Å². The Bertz CT molecular complexity index is 481. The predicted molar refractivity (Wildman–Crippen MR) is 88.6 cm³/mol. The molecular formula is C18H29N3. The maximum Gasteiger partial charge on any atom is 0.128 e. The summed E-state index contributed by atoms with van der Waals surface area (Å²) in [6.07, 6.45) is 6.32. The lowest BCUT2D eigenvalue weighted by atomic mass is 10.1. The molecule has 2 atom stereocenters. The third-order valence-electron chi connectivity index (χ3n) is 4.78. The second kappa shape index (κ2) is 6.35. The number of nitrogens with zero attached hydrogens (tertiary/aromatic N) is 2. The van der Waals surface area contributed by atoms with E-state index in [2.05, 4.69) is 43.2 Å². The van der Waals surface area contributed by atoms with E-state index in [-0.39, 0.29) is 0 Å². The molecule has 2 aliphatic rings. The Morgan fingerprint density at radius 2 is 2.10 bits per heavy atom. The third-order valence-corrected chi connectivity index (χ3v) is 4.78. The average molecular weight is 287 g/mol. The zero-order chi connectivity index (χ0) is 14.8. The number of pyridine rings is 1. The van der Waals surface area contributed by atoms with E-state index >= 15 is 0 Å². The van der Waals surface area contributed by atoms with Crippen molar-refractivity contribution in [2.75, 3.05) is 18.5 Å². The van der Waals surface area contributed by atoms with Gasteiger partial charge in [0.1, 0.15) is 5.82 Å². The van der Waals surface area contributed by atoms with Crippen molar-refractivity contribution in [3.05, 3.63) is 23.4 Å². The molecule has 0 amide bonds. The molecule has 116 valence electrons. The zero-order valence-corrected chi connectivity index (χ0v) is 13.7. The molecule has 3 rings (SSSR count). The van der Waals surface area contributed by atoms with Crippen molar-refractivity contribution in [2.24, 2.45) is 11.8 Å². The Labute approximate surface area is 129 Å². The molecule has 2 unspecified atom stereocenters. The van der Waals surface area contributed by atoms with E-state index in [9.17, 15) is 0 Å². The van der Waals surface area contributed by atoms with Crippen molar-refractivity contribution >= 4 is 5.82 Å². The van der Waals surface area contributed by atoms with E-state index < -0.39 is 0 Å². The van der Waals surface area contributed by atoms with Crippen LogP contribution in [0, 0.1) is 11.8 Å². The van der Waals surface area contributed by atoms with E-state index in [1.54, 1.807) is 0 Å². The summed E-state index contributed by atoms with van der Waals surface area (Å²) >= 11 is 0. The molecule has 0 spiro atoms. The van der Waals surface area contributed by atoms with Gasteiger partial charge in [0, 0.05) is 31.9 Å². The highest BCUT2D eigenvalue weighted by atomic mass is 15.2. The van der Waals surface area contributed by atoms with Crippen LogP contribution in [0.5, 0.6) is 0 Å². The molecule has 2 saturated carbocycles. The Hall–Kier alpha value is -1.09. The van der Waals surface area contributed by atoms with Gasteiger partial charge in [-0.25, -0.2) is 4.98 Å². The fraction of sp³-hybridized carbons (Fsp3) is 0.722. The Kier molecular flexibility index (Phi) is 4.48. The van der Waals surface area contributed by atoms with E-state index in [1.807, 2.05) is 0 Å². The average Bonchev–Trinajstić information content (AvgIpc) is 3.36. The van der Waals surface area contributed by atoms with Crippen LogP contribution < -0.4 is 10.2 Å². The maximum absolute atomic E-state index is 4.87. The van der Waals surface area contributed by atoms with Crippen LogP contribution >= 0.6 is 0 Å². The van der Waals surface area contributed by atoms with Gasteiger partial charge in [0.25, 0.3) is 0 Å². The molecule has 3 heteroatoms. The summed E-state index contributed by atoms with van der Waals surface area (Å²) < 4.78 is 0. The monoisotopic (exact) mass is 287 g/mol. The third kappa shape index (κ3) is 4.19. The van der Waals surface area contributed by atoms with Crippen LogP contribution in [-0.4, -0.2) is 24.6 Å².